The molecule has 33 heavy (non-hydrogen) atoms. The third kappa shape index (κ3) is 7.28. The summed E-state index contributed by atoms with van der Waals surface area (Å²) in [6, 6.07) is 13.6. The van der Waals surface area contributed by atoms with Gasteiger partial charge >= 0.3 is 0 Å². The fraction of sp³-hybridized carbons (Fsp3) is 0.417. The number of halogens is 1. The maximum absolute atomic E-state index is 14.4. The van der Waals surface area contributed by atoms with Gasteiger partial charge in [-0.05, 0) is 37.5 Å². The number of carbonyl (C=O) groups excluding carboxylic acids is 2. The maximum atomic E-state index is 14.4. The van der Waals surface area contributed by atoms with Crippen molar-refractivity contribution in [2.24, 2.45) is 0 Å². The Balaban J connectivity index is 2.42. The lowest BCUT2D eigenvalue weighted by molar-refractivity contribution is -0.140. The smallest absolute Gasteiger partial charge is 0.244 e. The zero-order chi connectivity index (χ0) is 24.6. The minimum absolute atomic E-state index is 0.0776. The summed E-state index contributed by atoms with van der Waals surface area (Å²) in [5.41, 5.74) is 0.572. The van der Waals surface area contributed by atoms with Crippen LogP contribution < -0.4 is 9.62 Å². The van der Waals surface area contributed by atoms with Gasteiger partial charge < -0.3 is 10.2 Å². The Morgan fingerprint density at radius 3 is 2.15 bits per heavy atom. The van der Waals surface area contributed by atoms with Gasteiger partial charge in [-0.15, -0.1) is 0 Å². The van der Waals surface area contributed by atoms with E-state index in [0.29, 0.717) is 6.42 Å². The third-order valence-corrected chi connectivity index (χ3v) is 6.51. The maximum Gasteiger partial charge on any atom is 0.244 e. The van der Waals surface area contributed by atoms with Crippen LogP contribution in [-0.2, 0) is 26.2 Å². The first-order valence-electron chi connectivity index (χ1n) is 10.9. The van der Waals surface area contributed by atoms with Crippen molar-refractivity contribution in [2.45, 2.75) is 52.2 Å². The van der Waals surface area contributed by atoms with Crippen LogP contribution in [0.2, 0.25) is 0 Å². The van der Waals surface area contributed by atoms with Crippen LogP contribution in [0.15, 0.2) is 54.6 Å². The van der Waals surface area contributed by atoms with Gasteiger partial charge in [0, 0.05) is 12.6 Å². The summed E-state index contributed by atoms with van der Waals surface area (Å²) in [6.07, 6.45) is 1.98. The quantitative estimate of drug-likeness (QED) is 0.538. The van der Waals surface area contributed by atoms with E-state index in [0.717, 1.165) is 28.6 Å². The average molecular weight is 478 g/mol. The number of benzene rings is 2. The summed E-state index contributed by atoms with van der Waals surface area (Å²) in [6.45, 7) is 5.09. The molecule has 2 aromatic rings. The highest BCUT2D eigenvalue weighted by Gasteiger charge is 2.32. The summed E-state index contributed by atoms with van der Waals surface area (Å²) in [5, 5.41) is 2.90. The lowest BCUT2D eigenvalue weighted by Crippen LogP contribution is -2.53. The summed E-state index contributed by atoms with van der Waals surface area (Å²) >= 11 is 0. The highest BCUT2D eigenvalue weighted by atomic mass is 32.2. The number of carbonyl (C=O) groups is 2. The minimum atomic E-state index is -3.97. The van der Waals surface area contributed by atoms with Crippen molar-refractivity contribution in [1.82, 2.24) is 10.2 Å². The summed E-state index contributed by atoms with van der Waals surface area (Å²) in [5.74, 6) is -1.67. The standard InChI is InChI=1S/C24H32FN3O4S/c1-5-18(3)26-24(30)21(6-2)27(16-19-12-8-7-9-13-19)23(29)17-28(33(4,31)32)22-15-11-10-14-20(22)25/h7-15,18,21H,5-6,16-17H2,1-4H3,(H,26,30)/t18-,21-/m0/s1. The predicted molar refractivity (Wildman–Crippen MR) is 128 cm³/mol. The summed E-state index contributed by atoms with van der Waals surface area (Å²) in [7, 11) is -3.97. The Hall–Kier alpha value is -2.94. The topological polar surface area (TPSA) is 86.8 Å². The van der Waals surface area contributed by atoms with Gasteiger partial charge in [0.05, 0.1) is 11.9 Å². The Bertz CT molecular complexity index is 1050. The molecule has 2 atom stereocenters. The number of hydrogen-bond acceptors (Lipinski definition) is 4. The number of anilines is 1. The number of amides is 2. The Morgan fingerprint density at radius 2 is 1.61 bits per heavy atom. The SMILES string of the molecule is CC[C@H](C)NC(=O)[C@H](CC)N(Cc1ccccc1)C(=O)CN(c1ccccc1F)S(C)(=O)=O. The molecule has 180 valence electrons. The van der Waals surface area contributed by atoms with Gasteiger partial charge in [0.2, 0.25) is 21.8 Å². The lowest BCUT2D eigenvalue weighted by Gasteiger charge is -2.33. The first kappa shape index (κ1) is 26.3. The molecule has 0 aliphatic heterocycles. The largest absolute Gasteiger partial charge is 0.352 e. The lowest BCUT2D eigenvalue weighted by atomic mass is 10.1. The number of nitrogens with one attached hydrogen (secondary N) is 1. The van der Waals surface area contributed by atoms with E-state index in [1.54, 1.807) is 6.92 Å². The van der Waals surface area contributed by atoms with Crippen LogP contribution in [0, 0.1) is 5.82 Å². The van der Waals surface area contributed by atoms with Crippen LogP contribution in [0.3, 0.4) is 0 Å². The van der Waals surface area contributed by atoms with E-state index in [4.69, 9.17) is 0 Å². The zero-order valence-electron chi connectivity index (χ0n) is 19.5. The Kier molecular flexibility index (Phi) is 9.40. The van der Waals surface area contributed by atoms with E-state index in [-0.39, 0.29) is 24.2 Å². The highest BCUT2D eigenvalue weighted by molar-refractivity contribution is 7.92. The van der Waals surface area contributed by atoms with E-state index < -0.39 is 34.3 Å². The van der Waals surface area contributed by atoms with Crippen LogP contribution >= 0.6 is 0 Å². The van der Waals surface area contributed by atoms with Crippen molar-refractivity contribution in [3.63, 3.8) is 0 Å². The molecule has 7 nitrogen and oxygen atoms in total. The molecule has 0 aliphatic rings. The molecule has 9 heteroatoms. The molecule has 0 radical (unpaired) electrons. The Morgan fingerprint density at radius 1 is 1.00 bits per heavy atom. The number of rotatable bonds is 11. The second kappa shape index (κ2) is 11.8. The van der Waals surface area contributed by atoms with Crippen LogP contribution in [-0.4, -0.2) is 50.0 Å². The molecule has 2 aromatic carbocycles. The molecular weight excluding hydrogens is 445 g/mol. The summed E-state index contributed by atoms with van der Waals surface area (Å²) < 4.78 is 40.1. The first-order chi connectivity index (χ1) is 15.6. The van der Waals surface area contributed by atoms with Gasteiger partial charge in [0.25, 0.3) is 0 Å². The molecule has 0 unspecified atom stereocenters. The monoisotopic (exact) mass is 477 g/mol. The van der Waals surface area contributed by atoms with E-state index >= 15 is 0 Å². The fourth-order valence-electron chi connectivity index (χ4n) is 3.39. The van der Waals surface area contributed by atoms with Crippen molar-refractivity contribution in [2.75, 3.05) is 17.1 Å². The van der Waals surface area contributed by atoms with E-state index in [9.17, 15) is 22.4 Å². The normalized spacial score (nSPS) is 13.1. The van der Waals surface area contributed by atoms with E-state index in [1.165, 1.54) is 23.1 Å². The van der Waals surface area contributed by atoms with Crippen molar-refractivity contribution in [1.29, 1.82) is 0 Å². The fourth-order valence-corrected chi connectivity index (χ4v) is 4.24. The minimum Gasteiger partial charge on any atom is -0.352 e. The second-order valence-electron chi connectivity index (χ2n) is 7.97. The predicted octanol–water partition coefficient (Wildman–Crippen LogP) is 3.31. The van der Waals surface area contributed by atoms with Crippen molar-refractivity contribution < 1.29 is 22.4 Å². The average Bonchev–Trinajstić information content (AvgIpc) is 2.77. The van der Waals surface area contributed by atoms with Crippen LogP contribution in [0.1, 0.15) is 39.2 Å². The Labute approximate surface area is 195 Å². The molecule has 0 aromatic heterocycles. The molecule has 2 amide bonds. The second-order valence-corrected chi connectivity index (χ2v) is 9.88. The molecule has 0 saturated heterocycles. The van der Waals surface area contributed by atoms with E-state index in [1.807, 2.05) is 44.2 Å². The van der Waals surface area contributed by atoms with Crippen molar-refractivity contribution in [3.8, 4) is 0 Å². The molecule has 0 fully saturated rings. The highest BCUT2D eigenvalue weighted by Crippen LogP contribution is 2.22. The number of hydrogen-bond donors (Lipinski definition) is 1. The number of para-hydroxylation sites is 1. The van der Waals surface area contributed by atoms with Gasteiger partial charge in [-0.3, -0.25) is 13.9 Å². The van der Waals surface area contributed by atoms with Crippen LogP contribution in [0.4, 0.5) is 10.1 Å². The van der Waals surface area contributed by atoms with Gasteiger partial charge in [0.15, 0.2) is 0 Å². The van der Waals surface area contributed by atoms with E-state index in [2.05, 4.69) is 5.32 Å². The molecule has 0 aliphatic carbocycles. The number of nitrogens with zero attached hydrogens (tertiary/aromatic N) is 2. The molecule has 0 heterocycles. The van der Waals surface area contributed by atoms with Crippen molar-refractivity contribution >= 4 is 27.5 Å². The zero-order valence-corrected chi connectivity index (χ0v) is 20.3. The van der Waals surface area contributed by atoms with Gasteiger partial charge in [-0.1, -0.05) is 56.3 Å². The number of sulfonamides is 1. The molecular formula is C24H32FN3O4S. The third-order valence-electron chi connectivity index (χ3n) is 5.38. The van der Waals surface area contributed by atoms with Crippen LogP contribution in [0.5, 0.6) is 0 Å². The summed E-state index contributed by atoms with van der Waals surface area (Å²) in [4.78, 5) is 27.8. The molecule has 0 spiro atoms. The van der Waals surface area contributed by atoms with Crippen LogP contribution in [0.25, 0.3) is 0 Å². The van der Waals surface area contributed by atoms with Gasteiger partial charge in [-0.2, -0.15) is 0 Å². The van der Waals surface area contributed by atoms with Gasteiger partial charge in [-0.25, -0.2) is 12.8 Å². The molecule has 0 bridgehead atoms. The van der Waals surface area contributed by atoms with Crippen molar-refractivity contribution in [3.05, 3.63) is 66.0 Å². The molecule has 1 N–H and O–H groups in total. The molecule has 0 saturated carbocycles. The first-order valence-corrected chi connectivity index (χ1v) is 12.8. The van der Waals surface area contributed by atoms with Gasteiger partial charge in [0.1, 0.15) is 18.4 Å². The molecule has 2 rings (SSSR count).